The molecule has 1 N–H and O–H groups in total. The lowest BCUT2D eigenvalue weighted by Gasteiger charge is -2.03. The SMILES string of the molecule is C/C(=N\Nc1nc(-c2ccccc2)c(C)s1)c1ccc(Cl)c(Cl)c1. The summed E-state index contributed by atoms with van der Waals surface area (Å²) in [6, 6.07) is 15.6. The van der Waals surface area contributed by atoms with Crippen LogP contribution in [0.5, 0.6) is 0 Å². The summed E-state index contributed by atoms with van der Waals surface area (Å²) in [5, 5.41) is 6.20. The van der Waals surface area contributed by atoms with E-state index in [0.717, 1.165) is 32.5 Å². The highest BCUT2D eigenvalue weighted by molar-refractivity contribution is 7.16. The number of nitrogens with one attached hydrogen (secondary N) is 1. The predicted molar refractivity (Wildman–Crippen MR) is 105 cm³/mol. The Labute approximate surface area is 155 Å². The fourth-order valence-electron chi connectivity index (χ4n) is 2.23. The summed E-state index contributed by atoms with van der Waals surface area (Å²) < 4.78 is 0. The van der Waals surface area contributed by atoms with Gasteiger partial charge in [0.25, 0.3) is 0 Å². The van der Waals surface area contributed by atoms with Crippen LogP contribution in [0.3, 0.4) is 0 Å². The van der Waals surface area contributed by atoms with E-state index in [1.165, 1.54) is 0 Å². The first-order chi connectivity index (χ1) is 11.5. The molecule has 0 spiro atoms. The van der Waals surface area contributed by atoms with E-state index < -0.39 is 0 Å². The number of halogens is 2. The first-order valence-corrected chi connectivity index (χ1v) is 8.90. The van der Waals surface area contributed by atoms with E-state index in [1.54, 1.807) is 23.5 Å². The van der Waals surface area contributed by atoms with Crippen molar-refractivity contribution in [2.75, 3.05) is 5.43 Å². The molecule has 0 aliphatic carbocycles. The molecule has 3 rings (SSSR count). The number of rotatable bonds is 4. The standard InChI is InChI=1S/C18H15Cl2N3S/c1-11(14-8-9-15(19)16(20)10-14)22-23-18-21-17(12(2)24-18)13-6-4-3-5-7-13/h3-10H,1-2H3,(H,21,23)/b22-11+. The Hall–Kier alpha value is -1.88. The van der Waals surface area contributed by atoms with E-state index in [2.05, 4.69) is 34.6 Å². The van der Waals surface area contributed by atoms with Crippen LogP contribution < -0.4 is 5.43 Å². The van der Waals surface area contributed by atoms with Crippen LogP contribution in [-0.2, 0) is 0 Å². The third-order valence-corrected chi connectivity index (χ3v) is 5.11. The maximum Gasteiger partial charge on any atom is 0.204 e. The molecule has 0 radical (unpaired) electrons. The number of aryl methyl sites for hydroxylation is 1. The minimum Gasteiger partial charge on any atom is -0.252 e. The Bertz CT molecular complexity index is 889. The summed E-state index contributed by atoms with van der Waals surface area (Å²) in [5.74, 6) is 0. The maximum atomic E-state index is 6.05. The summed E-state index contributed by atoms with van der Waals surface area (Å²) in [7, 11) is 0. The van der Waals surface area contributed by atoms with Crippen molar-refractivity contribution in [1.82, 2.24) is 4.98 Å². The van der Waals surface area contributed by atoms with Gasteiger partial charge in [0.15, 0.2) is 0 Å². The third-order valence-electron chi connectivity index (χ3n) is 3.50. The largest absolute Gasteiger partial charge is 0.252 e. The summed E-state index contributed by atoms with van der Waals surface area (Å²) >= 11 is 13.6. The molecule has 0 saturated carbocycles. The van der Waals surface area contributed by atoms with E-state index in [4.69, 9.17) is 23.2 Å². The molecule has 1 aromatic heterocycles. The quantitative estimate of drug-likeness (QED) is 0.431. The van der Waals surface area contributed by atoms with Crippen molar-refractivity contribution in [2.45, 2.75) is 13.8 Å². The van der Waals surface area contributed by atoms with Gasteiger partial charge in [0.2, 0.25) is 5.13 Å². The fraction of sp³-hybridized carbons (Fsp3) is 0.111. The minimum atomic E-state index is 0.514. The van der Waals surface area contributed by atoms with Crippen LogP contribution in [-0.4, -0.2) is 10.7 Å². The molecule has 0 unspecified atom stereocenters. The first-order valence-electron chi connectivity index (χ1n) is 7.33. The van der Waals surface area contributed by atoms with Gasteiger partial charge in [-0.25, -0.2) is 4.98 Å². The number of benzene rings is 2. The van der Waals surface area contributed by atoms with E-state index in [-0.39, 0.29) is 0 Å². The normalized spacial score (nSPS) is 11.6. The van der Waals surface area contributed by atoms with Gasteiger partial charge in [0, 0.05) is 10.4 Å². The van der Waals surface area contributed by atoms with Crippen molar-refractivity contribution in [1.29, 1.82) is 0 Å². The zero-order chi connectivity index (χ0) is 17.1. The van der Waals surface area contributed by atoms with E-state index in [0.29, 0.717) is 10.0 Å². The summed E-state index contributed by atoms with van der Waals surface area (Å²) in [6.07, 6.45) is 0. The number of anilines is 1. The maximum absolute atomic E-state index is 6.05. The van der Waals surface area contributed by atoms with E-state index >= 15 is 0 Å². The second kappa shape index (κ2) is 7.34. The summed E-state index contributed by atoms with van der Waals surface area (Å²) in [6.45, 7) is 3.96. The smallest absolute Gasteiger partial charge is 0.204 e. The predicted octanol–water partition coefficient (Wildman–Crippen LogP) is 6.26. The Morgan fingerprint density at radius 1 is 1.08 bits per heavy atom. The second-order valence-corrected chi connectivity index (χ2v) is 7.25. The average molecular weight is 376 g/mol. The summed E-state index contributed by atoms with van der Waals surface area (Å²) in [4.78, 5) is 5.78. The number of hydrogen-bond acceptors (Lipinski definition) is 4. The molecule has 0 bridgehead atoms. The van der Waals surface area contributed by atoms with Crippen molar-refractivity contribution >= 4 is 45.4 Å². The van der Waals surface area contributed by atoms with Gasteiger partial charge in [0.1, 0.15) is 0 Å². The molecule has 0 atom stereocenters. The molecule has 0 aliphatic heterocycles. The first kappa shape index (κ1) is 17.0. The third kappa shape index (κ3) is 3.78. The zero-order valence-electron chi connectivity index (χ0n) is 13.2. The van der Waals surface area contributed by atoms with Gasteiger partial charge in [-0.15, -0.1) is 11.3 Å². The van der Waals surface area contributed by atoms with Crippen LogP contribution in [0.25, 0.3) is 11.3 Å². The van der Waals surface area contributed by atoms with Gasteiger partial charge in [-0.1, -0.05) is 59.6 Å². The molecule has 6 heteroatoms. The van der Waals surface area contributed by atoms with Gasteiger partial charge < -0.3 is 0 Å². The topological polar surface area (TPSA) is 37.3 Å². The van der Waals surface area contributed by atoms with E-state index in [9.17, 15) is 0 Å². The molecule has 0 fully saturated rings. The van der Waals surface area contributed by atoms with Gasteiger partial charge in [0.05, 0.1) is 21.5 Å². The van der Waals surface area contributed by atoms with Crippen LogP contribution >= 0.6 is 34.5 Å². The lowest BCUT2D eigenvalue weighted by molar-refractivity contribution is 1.27. The number of nitrogens with zero attached hydrogens (tertiary/aromatic N) is 2. The lowest BCUT2D eigenvalue weighted by Crippen LogP contribution is -1.99. The Kier molecular flexibility index (Phi) is 5.19. The molecule has 24 heavy (non-hydrogen) atoms. The van der Waals surface area contributed by atoms with Crippen LogP contribution in [0.1, 0.15) is 17.4 Å². The highest BCUT2D eigenvalue weighted by Crippen LogP contribution is 2.30. The highest BCUT2D eigenvalue weighted by atomic mass is 35.5. The number of aromatic nitrogens is 1. The van der Waals surface area contributed by atoms with Crippen LogP contribution in [0.2, 0.25) is 10.0 Å². The highest BCUT2D eigenvalue weighted by Gasteiger charge is 2.09. The van der Waals surface area contributed by atoms with E-state index in [1.807, 2.05) is 31.2 Å². The van der Waals surface area contributed by atoms with Crippen molar-refractivity contribution in [2.24, 2.45) is 5.10 Å². The van der Waals surface area contributed by atoms with Gasteiger partial charge in [-0.3, -0.25) is 5.43 Å². The number of hydrazone groups is 1. The Morgan fingerprint density at radius 3 is 2.54 bits per heavy atom. The van der Waals surface area contributed by atoms with Gasteiger partial charge >= 0.3 is 0 Å². The second-order valence-electron chi connectivity index (χ2n) is 5.23. The summed E-state index contributed by atoms with van der Waals surface area (Å²) in [5.41, 5.74) is 6.82. The average Bonchev–Trinajstić information content (AvgIpc) is 2.97. The van der Waals surface area contributed by atoms with Crippen molar-refractivity contribution in [3.63, 3.8) is 0 Å². The molecule has 122 valence electrons. The molecular formula is C18H15Cl2N3S. The Balaban J connectivity index is 1.80. The van der Waals surface area contributed by atoms with Crippen molar-refractivity contribution in [3.05, 3.63) is 69.0 Å². The van der Waals surface area contributed by atoms with Crippen molar-refractivity contribution in [3.8, 4) is 11.3 Å². The van der Waals surface area contributed by atoms with Crippen LogP contribution in [0.4, 0.5) is 5.13 Å². The number of thiazole rings is 1. The van der Waals surface area contributed by atoms with Gasteiger partial charge in [-0.2, -0.15) is 5.10 Å². The molecule has 2 aromatic carbocycles. The molecule has 3 aromatic rings. The van der Waals surface area contributed by atoms with Crippen LogP contribution in [0, 0.1) is 6.92 Å². The van der Waals surface area contributed by atoms with Crippen LogP contribution in [0.15, 0.2) is 53.6 Å². The minimum absolute atomic E-state index is 0.514. The molecule has 0 amide bonds. The van der Waals surface area contributed by atoms with Crippen molar-refractivity contribution < 1.29 is 0 Å². The fourth-order valence-corrected chi connectivity index (χ4v) is 3.30. The molecule has 1 heterocycles. The number of hydrogen-bond donors (Lipinski definition) is 1. The molecule has 0 aliphatic rings. The van der Waals surface area contributed by atoms with Gasteiger partial charge in [-0.05, 0) is 31.5 Å². The molecule has 0 saturated heterocycles. The molecule has 3 nitrogen and oxygen atoms in total. The lowest BCUT2D eigenvalue weighted by atomic mass is 10.1. The Morgan fingerprint density at radius 2 is 1.83 bits per heavy atom. The zero-order valence-corrected chi connectivity index (χ0v) is 15.5. The monoisotopic (exact) mass is 375 g/mol. The molecular weight excluding hydrogens is 361 g/mol.